The Bertz CT molecular complexity index is 350. The van der Waals surface area contributed by atoms with Gasteiger partial charge in [0.05, 0.1) is 12.4 Å². The molecule has 5 heteroatoms. The Morgan fingerprint density at radius 1 is 1.50 bits per heavy atom. The predicted octanol–water partition coefficient (Wildman–Crippen LogP) is 1.11. The standard InChI is InChI=1S/C9H10N2O3/c12-9(13)7-4-10-5-8(11-7)14-6-2-1-3-6/h4-6H,1-3H2,(H,12,13). The van der Waals surface area contributed by atoms with Gasteiger partial charge in [0.1, 0.15) is 6.10 Å². The molecule has 0 amide bonds. The Morgan fingerprint density at radius 2 is 2.29 bits per heavy atom. The number of aromatic carboxylic acids is 1. The maximum atomic E-state index is 10.6. The Labute approximate surface area is 80.8 Å². The van der Waals surface area contributed by atoms with Gasteiger partial charge in [0.25, 0.3) is 0 Å². The summed E-state index contributed by atoms with van der Waals surface area (Å²) in [5.41, 5.74) is -0.0816. The summed E-state index contributed by atoms with van der Waals surface area (Å²) in [6, 6.07) is 0. The number of rotatable bonds is 3. The van der Waals surface area contributed by atoms with Crippen LogP contribution in [-0.4, -0.2) is 27.1 Å². The van der Waals surface area contributed by atoms with Crippen molar-refractivity contribution in [2.24, 2.45) is 0 Å². The third kappa shape index (κ3) is 1.81. The van der Waals surface area contributed by atoms with Gasteiger partial charge in [-0.1, -0.05) is 0 Å². The molecule has 0 atom stereocenters. The fraction of sp³-hybridized carbons (Fsp3) is 0.444. The van der Waals surface area contributed by atoms with Crippen LogP contribution in [0.5, 0.6) is 5.88 Å². The summed E-state index contributed by atoms with van der Waals surface area (Å²) >= 11 is 0. The van der Waals surface area contributed by atoms with Gasteiger partial charge in [0.2, 0.25) is 5.88 Å². The lowest BCUT2D eigenvalue weighted by Crippen LogP contribution is -2.25. The normalized spacial score (nSPS) is 16.0. The van der Waals surface area contributed by atoms with E-state index in [1.165, 1.54) is 12.4 Å². The second kappa shape index (κ2) is 3.61. The predicted molar refractivity (Wildman–Crippen MR) is 47.3 cm³/mol. The van der Waals surface area contributed by atoms with Crippen LogP contribution >= 0.6 is 0 Å². The molecule has 74 valence electrons. The van der Waals surface area contributed by atoms with E-state index in [1.54, 1.807) is 0 Å². The summed E-state index contributed by atoms with van der Waals surface area (Å²) in [6.45, 7) is 0. The van der Waals surface area contributed by atoms with Gasteiger partial charge < -0.3 is 9.84 Å². The highest BCUT2D eigenvalue weighted by Crippen LogP contribution is 2.23. The Morgan fingerprint density at radius 3 is 2.86 bits per heavy atom. The van der Waals surface area contributed by atoms with E-state index < -0.39 is 5.97 Å². The number of aromatic nitrogens is 2. The van der Waals surface area contributed by atoms with Crippen molar-refractivity contribution in [1.29, 1.82) is 0 Å². The summed E-state index contributed by atoms with van der Waals surface area (Å²) in [5.74, 6) is -0.786. The molecule has 1 aromatic rings. The summed E-state index contributed by atoms with van der Waals surface area (Å²) in [4.78, 5) is 18.1. The Kier molecular flexibility index (Phi) is 2.30. The molecule has 1 saturated carbocycles. The first-order valence-electron chi connectivity index (χ1n) is 4.48. The van der Waals surface area contributed by atoms with Crippen molar-refractivity contribution < 1.29 is 14.6 Å². The summed E-state index contributed by atoms with van der Waals surface area (Å²) in [6.07, 6.45) is 6.02. The maximum Gasteiger partial charge on any atom is 0.356 e. The second-order valence-electron chi connectivity index (χ2n) is 3.22. The minimum atomic E-state index is -1.09. The van der Waals surface area contributed by atoms with E-state index in [-0.39, 0.29) is 11.8 Å². The van der Waals surface area contributed by atoms with E-state index in [2.05, 4.69) is 9.97 Å². The minimum Gasteiger partial charge on any atom is -0.476 e. The van der Waals surface area contributed by atoms with Gasteiger partial charge in [0.15, 0.2) is 5.69 Å². The zero-order valence-corrected chi connectivity index (χ0v) is 7.51. The van der Waals surface area contributed by atoms with Crippen molar-refractivity contribution >= 4 is 5.97 Å². The molecular formula is C9H10N2O3. The Balaban J connectivity index is 2.09. The number of nitrogens with zero attached hydrogens (tertiary/aromatic N) is 2. The van der Waals surface area contributed by atoms with Gasteiger partial charge in [-0.2, -0.15) is 0 Å². The summed E-state index contributed by atoms with van der Waals surface area (Å²) in [7, 11) is 0. The zero-order chi connectivity index (χ0) is 9.97. The van der Waals surface area contributed by atoms with Crippen LogP contribution in [0, 0.1) is 0 Å². The topological polar surface area (TPSA) is 72.3 Å². The molecule has 1 aromatic heterocycles. The zero-order valence-electron chi connectivity index (χ0n) is 7.51. The fourth-order valence-corrected chi connectivity index (χ4v) is 1.17. The first-order valence-corrected chi connectivity index (χ1v) is 4.48. The molecule has 0 unspecified atom stereocenters. The summed E-state index contributed by atoms with van der Waals surface area (Å²) in [5, 5.41) is 8.66. The van der Waals surface area contributed by atoms with Crippen molar-refractivity contribution in [2.75, 3.05) is 0 Å². The first kappa shape index (κ1) is 8.93. The van der Waals surface area contributed by atoms with E-state index in [1.807, 2.05) is 0 Å². The molecule has 0 radical (unpaired) electrons. The third-order valence-corrected chi connectivity index (χ3v) is 2.17. The molecule has 0 spiro atoms. The molecule has 0 saturated heterocycles. The average Bonchev–Trinajstić information content (AvgIpc) is 2.12. The van der Waals surface area contributed by atoms with Gasteiger partial charge in [0, 0.05) is 0 Å². The van der Waals surface area contributed by atoms with E-state index in [9.17, 15) is 4.79 Å². The van der Waals surface area contributed by atoms with Crippen LogP contribution in [0.3, 0.4) is 0 Å². The highest BCUT2D eigenvalue weighted by atomic mass is 16.5. The van der Waals surface area contributed by atoms with Gasteiger partial charge in [-0.25, -0.2) is 9.78 Å². The molecule has 1 aliphatic rings. The van der Waals surface area contributed by atoms with Crippen molar-refractivity contribution in [3.05, 3.63) is 18.1 Å². The van der Waals surface area contributed by atoms with Crippen LogP contribution in [0.2, 0.25) is 0 Å². The van der Waals surface area contributed by atoms with Crippen LogP contribution in [0.4, 0.5) is 0 Å². The van der Waals surface area contributed by atoms with Gasteiger partial charge in [-0.05, 0) is 19.3 Å². The summed E-state index contributed by atoms with van der Waals surface area (Å²) < 4.78 is 5.40. The lowest BCUT2D eigenvalue weighted by molar-refractivity contribution is 0.0684. The first-order chi connectivity index (χ1) is 6.75. The van der Waals surface area contributed by atoms with Gasteiger partial charge in [-0.3, -0.25) is 4.98 Å². The molecule has 14 heavy (non-hydrogen) atoms. The minimum absolute atomic E-state index is 0.0816. The highest BCUT2D eigenvalue weighted by molar-refractivity contribution is 5.84. The largest absolute Gasteiger partial charge is 0.476 e. The van der Waals surface area contributed by atoms with Crippen LogP contribution in [-0.2, 0) is 0 Å². The SMILES string of the molecule is O=C(O)c1cncc(OC2CCC2)n1. The van der Waals surface area contributed by atoms with Crippen molar-refractivity contribution in [1.82, 2.24) is 9.97 Å². The molecule has 5 nitrogen and oxygen atoms in total. The maximum absolute atomic E-state index is 10.6. The number of ether oxygens (including phenoxy) is 1. The fourth-order valence-electron chi connectivity index (χ4n) is 1.17. The van der Waals surface area contributed by atoms with E-state index >= 15 is 0 Å². The van der Waals surface area contributed by atoms with Crippen LogP contribution in [0.1, 0.15) is 29.8 Å². The average molecular weight is 194 g/mol. The number of carboxylic acid groups (broad SMARTS) is 1. The van der Waals surface area contributed by atoms with Crippen molar-refractivity contribution in [3.63, 3.8) is 0 Å². The van der Waals surface area contributed by atoms with E-state index in [4.69, 9.17) is 9.84 Å². The van der Waals surface area contributed by atoms with Crippen LogP contribution in [0.25, 0.3) is 0 Å². The Hall–Kier alpha value is -1.65. The monoisotopic (exact) mass is 194 g/mol. The molecule has 1 aliphatic carbocycles. The smallest absolute Gasteiger partial charge is 0.356 e. The van der Waals surface area contributed by atoms with E-state index in [0.717, 1.165) is 19.3 Å². The number of hydrogen-bond acceptors (Lipinski definition) is 4. The molecule has 2 rings (SSSR count). The number of hydrogen-bond donors (Lipinski definition) is 1. The van der Waals surface area contributed by atoms with Crippen LogP contribution < -0.4 is 4.74 Å². The van der Waals surface area contributed by atoms with Crippen molar-refractivity contribution in [3.8, 4) is 5.88 Å². The van der Waals surface area contributed by atoms with Crippen molar-refractivity contribution in [2.45, 2.75) is 25.4 Å². The molecule has 0 aliphatic heterocycles. The lowest BCUT2D eigenvalue weighted by Gasteiger charge is -2.25. The molecule has 1 fully saturated rings. The van der Waals surface area contributed by atoms with Crippen LogP contribution in [0.15, 0.2) is 12.4 Å². The molecule has 1 heterocycles. The molecule has 1 N–H and O–H groups in total. The number of carbonyl (C=O) groups is 1. The molecule has 0 bridgehead atoms. The second-order valence-corrected chi connectivity index (χ2v) is 3.22. The number of carboxylic acids is 1. The molecular weight excluding hydrogens is 184 g/mol. The quantitative estimate of drug-likeness (QED) is 0.780. The highest BCUT2D eigenvalue weighted by Gasteiger charge is 2.20. The van der Waals surface area contributed by atoms with Gasteiger partial charge >= 0.3 is 5.97 Å². The van der Waals surface area contributed by atoms with Gasteiger partial charge in [-0.15, -0.1) is 0 Å². The third-order valence-electron chi connectivity index (χ3n) is 2.17. The lowest BCUT2D eigenvalue weighted by atomic mass is 9.96. The van der Waals surface area contributed by atoms with E-state index in [0.29, 0.717) is 5.88 Å². The molecule has 0 aromatic carbocycles.